The lowest BCUT2D eigenvalue weighted by Crippen LogP contribution is -2.35. The number of piperidine rings is 1. The van der Waals surface area contributed by atoms with Crippen molar-refractivity contribution in [2.45, 2.75) is 26.1 Å². The number of hydrogen-bond donors (Lipinski definition) is 2. The Morgan fingerprint density at radius 1 is 1.23 bits per heavy atom. The number of nitrogens with two attached hydrogens (primary N) is 1. The number of aromatic nitrogens is 2. The molecule has 0 bridgehead atoms. The Hall–Kier alpha value is -2.71. The summed E-state index contributed by atoms with van der Waals surface area (Å²) in [5, 5.41) is 3.01. The van der Waals surface area contributed by atoms with Crippen LogP contribution in [-0.4, -0.2) is 29.4 Å². The number of nitrogen functional groups attached to an aromatic ring is 1. The van der Waals surface area contributed by atoms with E-state index in [-0.39, 0.29) is 5.75 Å². The highest BCUT2D eigenvalue weighted by Gasteiger charge is 2.31. The molecule has 2 aromatic rings. The number of ether oxygens (including phenoxy) is 1. The molecule has 1 aromatic heterocycles. The molecule has 0 radical (unpaired) electrons. The normalized spacial score (nSPS) is 17.8. The Balaban J connectivity index is 1.75. The van der Waals surface area contributed by atoms with Crippen LogP contribution in [0, 0.1) is 5.92 Å². The number of hydrogen-bond acceptors (Lipinski definition) is 6. The van der Waals surface area contributed by atoms with Crippen molar-refractivity contribution in [2.75, 3.05) is 29.0 Å². The lowest BCUT2D eigenvalue weighted by molar-refractivity contribution is -0.274. The Morgan fingerprint density at radius 2 is 1.96 bits per heavy atom. The van der Waals surface area contributed by atoms with E-state index >= 15 is 0 Å². The summed E-state index contributed by atoms with van der Waals surface area (Å²) < 4.78 is 40.5. The molecule has 1 aliphatic heterocycles. The maximum Gasteiger partial charge on any atom is 0.573 e. The van der Waals surface area contributed by atoms with Crippen molar-refractivity contribution in [3.8, 4) is 5.75 Å². The minimum absolute atomic E-state index is 0.290. The van der Waals surface area contributed by atoms with Crippen LogP contribution in [0.1, 0.15) is 19.8 Å². The van der Waals surface area contributed by atoms with Crippen molar-refractivity contribution in [3.63, 3.8) is 0 Å². The molecule has 0 saturated carbocycles. The van der Waals surface area contributed by atoms with Gasteiger partial charge >= 0.3 is 6.36 Å². The molecule has 1 aromatic carbocycles. The zero-order valence-corrected chi connectivity index (χ0v) is 14.3. The minimum Gasteiger partial charge on any atom is -0.406 e. The molecule has 26 heavy (non-hydrogen) atoms. The zero-order chi connectivity index (χ0) is 18.7. The summed E-state index contributed by atoms with van der Waals surface area (Å²) in [7, 11) is 0. The van der Waals surface area contributed by atoms with Crippen molar-refractivity contribution in [1.29, 1.82) is 0 Å². The molecule has 1 saturated heterocycles. The summed E-state index contributed by atoms with van der Waals surface area (Å²) in [5.41, 5.74) is 7.18. The highest BCUT2D eigenvalue weighted by molar-refractivity contribution is 5.78. The fraction of sp³-hybridized carbons (Fsp3) is 0.412. The second-order valence-corrected chi connectivity index (χ2v) is 6.35. The minimum atomic E-state index is -4.72. The molecule has 0 amide bonds. The average molecular weight is 367 g/mol. The van der Waals surface area contributed by atoms with Gasteiger partial charge in [-0.25, -0.2) is 9.97 Å². The number of alkyl halides is 3. The number of nitrogens with one attached hydrogen (secondary N) is 1. The third-order valence-electron chi connectivity index (χ3n) is 4.17. The summed E-state index contributed by atoms with van der Waals surface area (Å²) in [4.78, 5) is 10.6. The Morgan fingerprint density at radius 3 is 2.62 bits per heavy atom. The third-order valence-corrected chi connectivity index (χ3v) is 4.17. The van der Waals surface area contributed by atoms with Gasteiger partial charge in [-0.15, -0.1) is 13.2 Å². The van der Waals surface area contributed by atoms with Crippen molar-refractivity contribution in [3.05, 3.63) is 30.6 Å². The first-order chi connectivity index (χ1) is 12.3. The highest BCUT2D eigenvalue weighted by Crippen LogP contribution is 2.32. The van der Waals surface area contributed by atoms with Crippen molar-refractivity contribution < 1.29 is 17.9 Å². The van der Waals surface area contributed by atoms with Gasteiger partial charge in [0.25, 0.3) is 0 Å². The van der Waals surface area contributed by atoms with E-state index in [4.69, 9.17) is 5.73 Å². The second kappa shape index (κ2) is 7.27. The average Bonchev–Trinajstić information content (AvgIpc) is 2.57. The van der Waals surface area contributed by atoms with Crippen molar-refractivity contribution in [2.24, 2.45) is 5.92 Å². The van der Waals surface area contributed by atoms with E-state index in [0.717, 1.165) is 19.5 Å². The van der Waals surface area contributed by atoms with Crippen LogP contribution >= 0.6 is 0 Å². The maximum absolute atomic E-state index is 12.2. The van der Waals surface area contributed by atoms with E-state index in [2.05, 4.69) is 31.8 Å². The first-order valence-electron chi connectivity index (χ1n) is 8.30. The SMILES string of the molecule is CC1CCCN(c2ncnc(Nc3ccc(OC(F)(F)F)cc3)c2N)C1. The second-order valence-electron chi connectivity index (χ2n) is 6.35. The van der Waals surface area contributed by atoms with Gasteiger partial charge in [-0.1, -0.05) is 6.92 Å². The van der Waals surface area contributed by atoms with Crippen LogP contribution in [-0.2, 0) is 0 Å². The van der Waals surface area contributed by atoms with Gasteiger partial charge in [0, 0.05) is 18.8 Å². The largest absolute Gasteiger partial charge is 0.573 e. The van der Waals surface area contributed by atoms with E-state index in [1.165, 1.54) is 37.0 Å². The van der Waals surface area contributed by atoms with Crippen LogP contribution in [0.5, 0.6) is 5.75 Å². The molecule has 1 atom stereocenters. The summed E-state index contributed by atoms with van der Waals surface area (Å²) in [5.74, 6) is 1.36. The molecule has 1 fully saturated rings. The van der Waals surface area contributed by atoms with E-state index in [1.54, 1.807) is 0 Å². The lowest BCUT2D eigenvalue weighted by atomic mass is 10.0. The Kier molecular flexibility index (Phi) is 5.06. The van der Waals surface area contributed by atoms with Crippen LogP contribution in [0.3, 0.4) is 0 Å². The molecule has 3 N–H and O–H groups in total. The third kappa shape index (κ3) is 4.47. The molecule has 2 heterocycles. The molecule has 3 rings (SSSR count). The molecular weight excluding hydrogens is 347 g/mol. The smallest absolute Gasteiger partial charge is 0.406 e. The number of anilines is 4. The van der Waals surface area contributed by atoms with Gasteiger partial charge in [-0.3, -0.25) is 0 Å². The van der Waals surface area contributed by atoms with Crippen LogP contribution in [0.2, 0.25) is 0 Å². The first-order valence-corrected chi connectivity index (χ1v) is 8.30. The number of halogens is 3. The molecular formula is C17H20F3N5O. The van der Waals surface area contributed by atoms with Gasteiger partial charge in [0.2, 0.25) is 0 Å². The lowest BCUT2D eigenvalue weighted by Gasteiger charge is -2.32. The number of nitrogens with zero attached hydrogens (tertiary/aromatic N) is 3. The van der Waals surface area contributed by atoms with Crippen LogP contribution in [0.25, 0.3) is 0 Å². The van der Waals surface area contributed by atoms with Gasteiger partial charge in [0.1, 0.15) is 17.8 Å². The quantitative estimate of drug-likeness (QED) is 0.853. The predicted molar refractivity (Wildman–Crippen MR) is 93.5 cm³/mol. The standard InChI is InChI=1S/C17H20F3N5O/c1-11-3-2-8-25(9-11)16-14(21)15(22-10-23-16)24-12-4-6-13(7-5-12)26-17(18,19)20/h4-7,10-11H,2-3,8-9,21H2,1H3,(H,22,23,24). The first kappa shape index (κ1) is 18.1. The number of rotatable bonds is 4. The van der Waals surface area contributed by atoms with Gasteiger partial charge in [-0.2, -0.15) is 0 Å². The number of benzene rings is 1. The van der Waals surface area contributed by atoms with Gasteiger partial charge < -0.3 is 20.7 Å². The summed E-state index contributed by atoms with van der Waals surface area (Å²) in [6.07, 6.45) is -1.03. The predicted octanol–water partition coefficient (Wildman–Crippen LogP) is 3.94. The van der Waals surface area contributed by atoms with E-state index < -0.39 is 6.36 Å². The zero-order valence-electron chi connectivity index (χ0n) is 14.3. The summed E-state index contributed by atoms with van der Waals surface area (Å²) in [6.45, 7) is 3.95. The summed E-state index contributed by atoms with van der Waals surface area (Å²) in [6, 6.07) is 5.37. The van der Waals surface area contributed by atoms with Gasteiger partial charge in [-0.05, 0) is 43.0 Å². The van der Waals surface area contributed by atoms with Crippen LogP contribution in [0.15, 0.2) is 30.6 Å². The Bertz CT molecular complexity index is 751. The summed E-state index contributed by atoms with van der Waals surface area (Å²) >= 11 is 0. The van der Waals surface area contributed by atoms with Gasteiger partial charge in [0.15, 0.2) is 11.6 Å². The fourth-order valence-electron chi connectivity index (χ4n) is 3.00. The fourth-order valence-corrected chi connectivity index (χ4v) is 3.00. The molecule has 9 heteroatoms. The molecule has 0 spiro atoms. The van der Waals surface area contributed by atoms with Gasteiger partial charge in [0.05, 0.1) is 0 Å². The monoisotopic (exact) mass is 367 g/mol. The topological polar surface area (TPSA) is 76.3 Å². The van der Waals surface area contributed by atoms with Crippen LogP contribution < -0.4 is 20.7 Å². The van der Waals surface area contributed by atoms with E-state index in [0.29, 0.717) is 28.9 Å². The molecule has 1 aliphatic rings. The van der Waals surface area contributed by atoms with Crippen LogP contribution in [0.4, 0.5) is 36.2 Å². The van der Waals surface area contributed by atoms with E-state index in [1.807, 2.05) is 0 Å². The Labute approximate surface area is 149 Å². The molecule has 140 valence electrons. The maximum atomic E-state index is 12.2. The highest BCUT2D eigenvalue weighted by atomic mass is 19.4. The molecule has 1 unspecified atom stereocenters. The molecule has 0 aliphatic carbocycles. The van der Waals surface area contributed by atoms with Crippen molar-refractivity contribution in [1.82, 2.24) is 9.97 Å². The van der Waals surface area contributed by atoms with Crippen molar-refractivity contribution >= 4 is 23.0 Å². The molecule has 6 nitrogen and oxygen atoms in total. The van der Waals surface area contributed by atoms with E-state index in [9.17, 15) is 13.2 Å².